The summed E-state index contributed by atoms with van der Waals surface area (Å²) in [5, 5.41) is 10.7. The highest BCUT2D eigenvalue weighted by Crippen LogP contribution is 2.26. The molecule has 0 heterocycles. The van der Waals surface area contributed by atoms with Crippen LogP contribution in [-0.4, -0.2) is 17.5 Å². The SMILES string of the molecule is CCOC(=O)c1ccc(F)c(C)c1[N+](=O)[O-]. The summed E-state index contributed by atoms with van der Waals surface area (Å²) in [6.45, 7) is 2.93. The average molecular weight is 227 g/mol. The van der Waals surface area contributed by atoms with E-state index in [1.165, 1.54) is 6.92 Å². The molecule has 0 aromatic heterocycles. The van der Waals surface area contributed by atoms with E-state index in [2.05, 4.69) is 4.74 Å². The van der Waals surface area contributed by atoms with E-state index in [1.807, 2.05) is 0 Å². The molecule has 0 saturated heterocycles. The Balaban J connectivity index is 3.34. The van der Waals surface area contributed by atoms with Gasteiger partial charge in [0.15, 0.2) is 0 Å². The number of carbonyl (C=O) groups excluding carboxylic acids is 1. The molecule has 0 aliphatic carbocycles. The lowest BCUT2D eigenvalue weighted by Gasteiger charge is -2.05. The topological polar surface area (TPSA) is 69.4 Å². The molecule has 86 valence electrons. The zero-order chi connectivity index (χ0) is 12.3. The predicted molar refractivity (Wildman–Crippen MR) is 53.7 cm³/mol. The highest BCUT2D eigenvalue weighted by molar-refractivity contribution is 5.94. The molecule has 5 nitrogen and oxygen atoms in total. The summed E-state index contributed by atoms with van der Waals surface area (Å²) in [7, 11) is 0. The second-order valence-electron chi connectivity index (χ2n) is 3.05. The Morgan fingerprint density at radius 1 is 1.56 bits per heavy atom. The lowest BCUT2D eigenvalue weighted by molar-refractivity contribution is -0.385. The van der Waals surface area contributed by atoms with Crippen molar-refractivity contribution in [3.63, 3.8) is 0 Å². The molecule has 1 aromatic carbocycles. The summed E-state index contributed by atoms with van der Waals surface area (Å²) >= 11 is 0. The Morgan fingerprint density at radius 3 is 2.69 bits per heavy atom. The van der Waals surface area contributed by atoms with Crippen LogP contribution in [0.15, 0.2) is 12.1 Å². The van der Waals surface area contributed by atoms with Crippen molar-refractivity contribution in [2.24, 2.45) is 0 Å². The van der Waals surface area contributed by atoms with Gasteiger partial charge in [0.05, 0.1) is 17.1 Å². The third kappa shape index (κ3) is 2.16. The van der Waals surface area contributed by atoms with Crippen molar-refractivity contribution in [2.75, 3.05) is 6.61 Å². The third-order valence-corrected chi connectivity index (χ3v) is 2.04. The lowest BCUT2D eigenvalue weighted by atomic mass is 10.1. The average Bonchev–Trinajstić information content (AvgIpc) is 2.21. The van der Waals surface area contributed by atoms with Crippen LogP contribution in [0.25, 0.3) is 0 Å². The van der Waals surface area contributed by atoms with Crippen LogP contribution in [-0.2, 0) is 4.74 Å². The fourth-order valence-electron chi connectivity index (χ4n) is 1.28. The fraction of sp³-hybridized carbons (Fsp3) is 0.300. The van der Waals surface area contributed by atoms with Gasteiger partial charge in [0.2, 0.25) is 0 Å². The summed E-state index contributed by atoms with van der Waals surface area (Å²) in [4.78, 5) is 21.3. The van der Waals surface area contributed by atoms with E-state index in [1.54, 1.807) is 6.92 Å². The first-order chi connectivity index (χ1) is 7.49. The molecular formula is C10H10FNO4. The normalized spacial score (nSPS) is 9.94. The molecule has 0 atom stereocenters. The minimum absolute atomic E-state index is 0.104. The molecule has 0 amide bonds. The first kappa shape index (κ1) is 12.1. The van der Waals surface area contributed by atoms with E-state index in [0.29, 0.717) is 0 Å². The standard InChI is InChI=1S/C10H10FNO4/c1-3-16-10(13)7-4-5-8(11)6(2)9(7)12(14)15/h4-5H,3H2,1-2H3. The monoisotopic (exact) mass is 227 g/mol. The number of ether oxygens (including phenoxy) is 1. The Morgan fingerprint density at radius 2 is 2.19 bits per heavy atom. The van der Waals surface area contributed by atoms with Crippen LogP contribution in [0.1, 0.15) is 22.8 Å². The quantitative estimate of drug-likeness (QED) is 0.451. The molecule has 0 N–H and O–H groups in total. The van der Waals surface area contributed by atoms with Gasteiger partial charge in [-0.15, -0.1) is 0 Å². The van der Waals surface area contributed by atoms with Crippen molar-refractivity contribution in [1.29, 1.82) is 0 Å². The van der Waals surface area contributed by atoms with Crippen LogP contribution >= 0.6 is 0 Å². The molecule has 0 radical (unpaired) electrons. The highest BCUT2D eigenvalue weighted by Gasteiger charge is 2.25. The predicted octanol–water partition coefficient (Wildman–Crippen LogP) is 2.22. The number of hydrogen-bond donors (Lipinski definition) is 0. The maximum atomic E-state index is 13.1. The van der Waals surface area contributed by atoms with Crippen molar-refractivity contribution < 1.29 is 18.8 Å². The maximum absolute atomic E-state index is 13.1. The molecule has 0 aliphatic heterocycles. The van der Waals surface area contributed by atoms with Gasteiger partial charge < -0.3 is 4.74 Å². The van der Waals surface area contributed by atoms with Crippen LogP contribution in [0.4, 0.5) is 10.1 Å². The van der Waals surface area contributed by atoms with E-state index in [0.717, 1.165) is 12.1 Å². The smallest absolute Gasteiger partial charge is 0.345 e. The number of hydrogen-bond acceptors (Lipinski definition) is 4. The molecule has 0 fully saturated rings. The van der Waals surface area contributed by atoms with Gasteiger partial charge in [0.25, 0.3) is 5.69 Å². The number of halogens is 1. The van der Waals surface area contributed by atoms with Crippen molar-refractivity contribution in [2.45, 2.75) is 13.8 Å². The molecule has 0 saturated carbocycles. The second kappa shape index (κ2) is 4.69. The number of nitro benzene ring substituents is 1. The molecule has 0 unspecified atom stereocenters. The number of nitro groups is 1. The molecular weight excluding hydrogens is 217 g/mol. The Hall–Kier alpha value is -1.98. The Kier molecular flexibility index (Phi) is 3.55. The third-order valence-electron chi connectivity index (χ3n) is 2.04. The zero-order valence-corrected chi connectivity index (χ0v) is 8.82. The first-order valence-electron chi connectivity index (χ1n) is 4.59. The van der Waals surface area contributed by atoms with Gasteiger partial charge in [0, 0.05) is 0 Å². The molecule has 1 rings (SSSR count). The van der Waals surface area contributed by atoms with Gasteiger partial charge in [-0.1, -0.05) is 0 Å². The Labute approximate surface area is 91.0 Å². The van der Waals surface area contributed by atoms with Crippen LogP contribution in [0, 0.1) is 22.9 Å². The molecule has 0 aliphatic rings. The number of esters is 1. The first-order valence-corrected chi connectivity index (χ1v) is 4.59. The summed E-state index contributed by atoms with van der Waals surface area (Å²) < 4.78 is 17.8. The van der Waals surface area contributed by atoms with E-state index in [-0.39, 0.29) is 17.7 Å². The minimum atomic E-state index is -0.822. The van der Waals surface area contributed by atoms with Gasteiger partial charge in [-0.2, -0.15) is 0 Å². The van der Waals surface area contributed by atoms with Crippen LogP contribution in [0.5, 0.6) is 0 Å². The highest BCUT2D eigenvalue weighted by atomic mass is 19.1. The molecule has 16 heavy (non-hydrogen) atoms. The molecule has 6 heteroatoms. The van der Waals surface area contributed by atoms with E-state index in [4.69, 9.17) is 0 Å². The number of carbonyl (C=O) groups is 1. The van der Waals surface area contributed by atoms with Crippen molar-refractivity contribution in [1.82, 2.24) is 0 Å². The lowest BCUT2D eigenvalue weighted by Crippen LogP contribution is -2.09. The second-order valence-corrected chi connectivity index (χ2v) is 3.05. The van der Waals surface area contributed by atoms with Gasteiger partial charge >= 0.3 is 5.97 Å². The van der Waals surface area contributed by atoms with E-state index < -0.39 is 22.4 Å². The van der Waals surface area contributed by atoms with Crippen LogP contribution in [0.2, 0.25) is 0 Å². The van der Waals surface area contributed by atoms with E-state index >= 15 is 0 Å². The van der Waals surface area contributed by atoms with Gasteiger partial charge in [0.1, 0.15) is 11.4 Å². The number of benzene rings is 1. The summed E-state index contributed by atoms with van der Waals surface area (Å²) in [6.07, 6.45) is 0. The summed E-state index contributed by atoms with van der Waals surface area (Å²) in [5.74, 6) is -1.54. The number of rotatable bonds is 3. The largest absolute Gasteiger partial charge is 0.462 e. The zero-order valence-electron chi connectivity index (χ0n) is 8.82. The molecule has 1 aromatic rings. The minimum Gasteiger partial charge on any atom is -0.462 e. The van der Waals surface area contributed by atoms with Crippen LogP contribution in [0.3, 0.4) is 0 Å². The maximum Gasteiger partial charge on any atom is 0.345 e. The summed E-state index contributed by atoms with van der Waals surface area (Å²) in [6, 6.07) is 2.06. The van der Waals surface area contributed by atoms with E-state index in [9.17, 15) is 19.3 Å². The van der Waals surface area contributed by atoms with Gasteiger partial charge in [-0.25, -0.2) is 9.18 Å². The van der Waals surface area contributed by atoms with Crippen molar-refractivity contribution >= 4 is 11.7 Å². The van der Waals surface area contributed by atoms with Crippen LogP contribution < -0.4 is 0 Å². The van der Waals surface area contributed by atoms with Gasteiger partial charge in [-0.05, 0) is 26.0 Å². The van der Waals surface area contributed by atoms with Crippen molar-refractivity contribution in [3.8, 4) is 0 Å². The summed E-state index contributed by atoms with van der Waals surface area (Å²) in [5.41, 5.74) is -0.945. The number of nitrogens with zero attached hydrogens (tertiary/aromatic N) is 1. The molecule has 0 spiro atoms. The van der Waals surface area contributed by atoms with Gasteiger partial charge in [-0.3, -0.25) is 10.1 Å². The fourth-order valence-corrected chi connectivity index (χ4v) is 1.28. The Bertz CT molecular complexity index is 445. The molecule has 0 bridgehead atoms. The van der Waals surface area contributed by atoms with Crippen molar-refractivity contribution in [3.05, 3.63) is 39.2 Å².